The molecule has 0 bridgehead atoms. The fraction of sp³-hybridized carbons (Fsp3) is 0.375. The monoisotopic (exact) mass is 319 g/mol. The number of amides is 1. The number of ether oxygens (including phenoxy) is 2. The van der Waals surface area contributed by atoms with Crippen molar-refractivity contribution >= 4 is 5.91 Å². The molecule has 2 atom stereocenters. The number of aromatic nitrogens is 2. The van der Waals surface area contributed by atoms with E-state index < -0.39 is 0 Å². The summed E-state index contributed by atoms with van der Waals surface area (Å²) in [7, 11) is 0. The number of hydrogen-bond donors (Lipinski definition) is 2. The van der Waals surface area contributed by atoms with Crippen LogP contribution < -0.4 is 10.1 Å². The average molecular weight is 319 g/mol. The summed E-state index contributed by atoms with van der Waals surface area (Å²) in [5.41, 5.74) is 0.815. The van der Waals surface area contributed by atoms with E-state index in [1.807, 2.05) is 6.92 Å². The van der Waals surface area contributed by atoms with Gasteiger partial charge in [-0.2, -0.15) is 0 Å². The van der Waals surface area contributed by atoms with Crippen molar-refractivity contribution in [3.05, 3.63) is 47.8 Å². The summed E-state index contributed by atoms with van der Waals surface area (Å²) < 4.78 is 24.5. The van der Waals surface area contributed by atoms with Crippen molar-refractivity contribution in [2.75, 3.05) is 13.2 Å². The minimum atomic E-state index is -0.384. The Morgan fingerprint density at radius 1 is 1.52 bits per heavy atom. The SMILES string of the molecule is Cc1cnc(C(=O)N[C@@H]2CCOC[C@H]2Oc2cccc(F)c2)[nH]1. The molecular weight excluding hydrogens is 301 g/mol. The molecule has 1 fully saturated rings. The van der Waals surface area contributed by atoms with Gasteiger partial charge in [0.15, 0.2) is 5.82 Å². The van der Waals surface area contributed by atoms with E-state index >= 15 is 0 Å². The Morgan fingerprint density at radius 2 is 2.39 bits per heavy atom. The van der Waals surface area contributed by atoms with E-state index in [1.54, 1.807) is 18.3 Å². The zero-order valence-corrected chi connectivity index (χ0v) is 12.7. The number of carbonyl (C=O) groups is 1. The van der Waals surface area contributed by atoms with Crippen molar-refractivity contribution in [3.8, 4) is 5.75 Å². The first-order chi connectivity index (χ1) is 11.1. The summed E-state index contributed by atoms with van der Waals surface area (Å²) in [5, 5.41) is 2.90. The Bertz CT molecular complexity index is 689. The van der Waals surface area contributed by atoms with Gasteiger partial charge in [0.1, 0.15) is 17.7 Å². The van der Waals surface area contributed by atoms with Crippen LogP contribution in [-0.4, -0.2) is 41.2 Å². The van der Waals surface area contributed by atoms with E-state index in [0.717, 1.165) is 5.69 Å². The smallest absolute Gasteiger partial charge is 0.287 e. The third-order valence-electron chi connectivity index (χ3n) is 3.62. The molecule has 23 heavy (non-hydrogen) atoms. The molecular formula is C16H18FN3O3. The fourth-order valence-corrected chi connectivity index (χ4v) is 2.47. The zero-order chi connectivity index (χ0) is 16.2. The Morgan fingerprint density at radius 3 is 3.13 bits per heavy atom. The van der Waals surface area contributed by atoms with Crippen LogP contribution in [0.1, 0.15) is 22.7 Å². The Hall–Kier alpha value is -2.41. The number of nitrogens with one attached hydrogen (secondary N) is 2. The highest BCUT2D eigenvalue weighted by Crippen LogP contribution is 2.19. The molecule has 2 N–H and O–H groups in total. The summed E-state index contributed by atoms with van der Waals surface area (Å²) in [5.74, 6) is 0.0100. The number of benzene rings is 1. The van der Waals surface area contributed by atoms with Crippen LogP contribution in [0.5, 0.6) is 5.75 Å². The average Bonchev–Trinajstić information content (AvgIpc) is 2.96. The van der Waals surface area contributed by atoms with Crippen molar-refractivity contribution in [3.63, 3.8) is 0 Å². The Kier molecular flexibility index (Phi) is 4.57. The molecule has 0 spiro atoms. The molecule has 0 unspecified atom stereocenters. The van der Waals surface area contributed by atoms with Crippen molar-refractivity contribution < 1.29 is 18.7 Å². The second kappa shape index (κ2) is 6.78. The lowest BCUT2D eigenvalue weighted by atomic mass is 10.1. The van der Waals surface area contributed by atoms with E-state index in [9.17, 15) is 9.18 Å². The summed E-state index contributed by atoms with van der Waals surface area (Å²) in [6, 6.07) is 5.68. The summed E-state index contributed by atoms with van der Waals surface area (Å²) in [6.45, 7) is 2.69. The number of hydrogen-bond acceptors (Lipinski definition) is 4. The van der Waals surface area contributed by atoms with E-state index in [-0.39, 0.29) is 29.7 Å². The van der Waals surface area contributed by atoms with Gasteiger partial charge in [0.25, 0.3) is 5.91 Å². The van der Waals surface area contributed by atoms with Crippen LogP contribution in [-0.2, 0) is 4.74 Å². The molecule has 2 aromatic rings. The van der Waals surface area contributed by atoms with Gasteiger partial charge in [-0.05, 0) is 25.5 Å². The first-order valence-corrected chi connectivity index (χ1v) is 7.44. The molecule has 6 nitrogen and oxygen atoms in total. The van der Waals surface area contributed by atoms with Crippen LogP contribution in [0.2, 0.25) is 0 Å². The maximum atomic E-state index is 13.3. The lowest BCUT2D eigenvalue weighted by molar-refractivity contribution is -0.0137. The van der Waals surface area contributed by atoms with E-state index in [4.69, 9.17) is 9.47 Å². The van der Waals surface area contributed by atoms with Gasteiger partial charge in [-0.25, -0.2) is 9.37 Å². The van der Waals surface area contributed by atoms with E-state index in [0.29, 0.717) is 25.4 Å². The zero-order valence-electron chi connectivity index (χ0n) is 12.7. The van der Waals surface area contributed by atoms with Crippen molar-refractivity contribution in [2.45, 2.75) is 25.5 Å². The lowest BCUT2D eigenvalue weighted by Gasteiger charge is -2.32. The van der Waals surface area contributed by atoms with E-state index in [2.05, 4.69) is 15.3 Å². The van der Waals surface area contributed by atoms with Gasteiger partial charge in [0, 0.05) is 24.6 Å². The van der Waals surface area contributed by atoms with Crippen LogP contribution in [0, 0.1) is 12.7 Å². The third kappa shape index (κ3) is 3.87. The molecule has 1 amide bonds. The topological polar surface area (TPSA) is 76.2 Å². The third-order valence-corrected chi connectivity index (χ3v) is 3.62. The minimum absolute atomic E-state index is 0.232. The predicted octanol–water partition coefficient (Wildman–Crippen LogP) is 1.82. The maximum Gasteiger partial charge on any atom is 0.287 e. The molecule has 0 radical (unpaired) electrons. The van der Waals surface area contributed by atoms with Crippen LogP contribution in [0.4, 0.5) is 4.39 Å². The largest absolute Gasteiger partial charge is 0.486 e. The van der Waals surface area contributed by atoms with Gasteiger partial charge >= 0.3 is 0 Å². The summed E-state index contributed by atoms with van der Waals surface area (Å²) in [4.78, 5) is 19.1. The van der Waals surface area contributed by atoms with Crippen LogP contribution >= 0.6 is 0 Å². The second-order valence-electron chi connectivity index (χ2n) is 5.47. The summed E-state index contributed by atoms with van der Waals surface area (Å²) >= 11 is 0. The first-order valence-electron chi connectivity index (χ1n) is 7.44. The normalized spacial score (nSPS) is 21.0. The van der Waals surface area contributed by atoms with Gasteiger partial charge in [0.2, 0.25) is 0 Å². The van der Waals surface area contributed by atoms with Gasteiger partial charge in [0.05, 0.1) is 12.6 Å². The molecule has 0 saturated carbocycles. The van der Waals surface area contributed by atoms with E-state index in [1.165, 1.54) is 12.1 Å². The molecule has 3 rings (SSSR count). The highest BCUT2D eigenvalue weighted by molar-refractivity contribution is 5.90. The number of halogens is 1. The van der Waals surface area contributed by atoms with Gasteiger partial charge in [-0.3, -0.25) is 4.79 Å². The van der Waals surface area contributed by atoms with Crippen LogP contribution in [0.15, 0.2) is 30.5 Å². The number of carbonyl (C=O) groups excluding carboxylic acids is 1. The first kappa shape index (κ1) is 15.5. The number of nitrogens with zero attached hydrogens (tertiary/aromatic N) is 1. The van der Waals surface area contributed by atoms with Crippen LogP contribution in [0.25, 0.3) is 0 Å². The molecule has 2 heterocycles. The highest BCUT2D eigenvalue weighted by Gasteiger charge is 2.30. The molecule has 7 heteroatoms. The van der Waals surface area contributed by atoms with Crippen molar-refractivity contribution in [1.82, 2.24) is 15.3 Å². The quantitative estimate of drug-likeness (QED) is 0.901. The lowest BCUT2D eigenvalue weighted by Crippen LogP contribution is -2.51. The number of aromatic amines is 1. The molecule has 0 aliphatic carbocycles. The number of aryl methyl sites for hydroxylation is 1. The standard InChI is InChI=1S/C16H18FN3O3/c1-10-8-18-15(19-10)16(21)20-13-5-6-22-9-14(13)23-12-4-2-3-11(17)7-12/h2-4,7-8,13-14H,5-6,9H2,1H3,(H,18,19)(H,20,21)/t13-,14-/m1/s1. The van der Waals surface area contributed by atoms with Gasteiger partial charge < -0.3 is 19.8 Å². The number of H-pyrrole nitrogens is 1. The molecule has 1 saturated heterocycles. The summed E-state index contributed by atoms with van der Waals surface area (Å²) in [6.07, 6.45) is 1.83. The second-order valence-corrected chi connectivity index (χ2v) is 5.47. The van der Waals surface area contributed by atoms with Gasteiger partial charge in [-0.15, -0.1) is 0 Å². The maximum absolute atomic E-state index is 13.3. The Balaban J connectivity index is 1.67. The molecule has 1 aliphatic heterocycles. The molecule has 1 aromatic carbocycles. The highest BCUT2D eigenvalue weighted by atomic mass is 19.1. The number of rotatable bonds is 4. The molecule has 1 aromatic heterocycles. The fourth-order valence-electron chi connectivity index (χ4n) is 2.47. The van der Waals surface area contributed by atoms with Crippen LogP contribution in [0.3, 0.4) is 0 Å². The van der Waals surface area contributed by atoms with Gasteiger partial charge in [-0.1, -0.05) is 6.07 Å². The Labute approximate surface area is 133 Å². The molecule has 1 aliphatic rings. The predicted molar refractivity (Wildman–Crippen MR) is 80.8 cm³/mol. The van der Waals surface area contributed by atoms with Crippen molar-refractivity contribution in [2.24, 2.45) is 0 Å². The minimum Gasteiger partial charge on any atom is -0.486 e. The molecule has 122 valence electrons. The van der Waals surface area contributed by atoms with Crippen molar-refractivity contribution in [1.29, 1.82) is 0 Å². The number of imidazole rings is 1.